The van der Waals surface area contributed by atoms with Crippen molar-refractivity contribution < 1.29 is 58.4 Å². The highest BCUT2D eigenvalue weighted by atomic mass is 32.1. The number of anilines is 1. The number of thiazole rings is 6. The van der Waals surface area contributed by atoms with E-state index in [0.29, 0.717) is 99.9 Å². The van der Waals surface area contributed by atoms with Gasteiger partial charge in [0.2, 0.25) is 17.7 Å². The summed E-state index contributed by atoms with van der Waals surface area (Å²) >= 11 is 7.03. The zero-order valence-electron chi connectivity index (χ0n) is 50.8. The van der Waals surface area contributed by atoms with Crippen molar-refractivity contribution in [2.24, 2.45) is 17.8 Å². The van der Waals surface area contributed by atoms with Crippen molar-refractivity contribution in [1.82, 2.24) is 66.5 Å². The summed E-state index contributed by atoms with van der Waals surface area (Å²) in [4.78, 5) is 149. The zero-order valence-corrected chi connectivity index (χ0v) is 55.7. The highest BCUT2D eigenvalue weighted by molar-refractivity contribution is 7.15. The summed E-state index contributed by atoms with van der Waals surface area (Å²) in [6, 6.07) is 12.2. The number of pyridine rings is 2. The Bertz CT molecular complexity index is 4330. The van der Waals surface area contributed by atoms with Crippen molar-refractivity contribution in [3.63, 3.8) is 0 Å². The Balaban J connectivity index is 0.988. The van der Waals surface area contributed by atoms with Crippen LogP contribution in [-0.4, -0.2) is 123 Å². The number of rotatable bonds is 14. The second-order valence-electron chi connectivity index (χ2n) is 22.3. The maximum absolute atomic E-state index is 14.6. The summed E-state index contributed by atoms with van der Waals surface area (Å²) < 4.78 is 5.46. The first kappa shape index (κ1) is 66.4. The lowest BCUT2D eigenvalue weighted by Gasteiger charge is -2.30. The lowest BCUT2D eigenvalue weighted by atomic mass is 9.81. The fourth-order valence-electron chi connectivity index (χ4n) is 10.6. The van der Waals surface area contributed by atoms with Crippen molar-refractivity contribution in [1.29, 1.82) is 0 Å². The van der Waals surface area contributed by atoms with Gasteiger partial charge in [-0.15, -0.1) is 68.0 Å². The predicted octanol–water partition coefficient (Wildman–Crippen LogP) is 8.83. The number of nitrogens with zero attached hydrogens (tertiary/aromatic N) is 9. The van der Waals surface area contributed by atoms with Gasteiger partial charge in [-0.1, -0.05) is 50.2 Å². The highest BCUT2D eigenvalue weighted by Gasteiger charge is 2.36. The van der Waals surface area contributed by atoms with Crippen LogP contribution in [0.1, 0.15) is 148 Å². The molecular weight excluding hydrogens is 1330 g/mol. The van der Waals surface area contributed by atoms with Crippen LogP contribution in [0.25, 0.3) is 43.4 Å². The Labute approximate surface area is 560 Å². The first-order valence-electron chi connectivity index (χ1n) is 29.4. The molecule has 0 radical (unpaired) electrons. The largest absolute Gasteiger partial charge is 0.481 e. The monoisotopic (exact) mass is 1380 g/mol. The number of aliphatic hydroxyl groups is 1. The van der Waals surface area contributed by atoms with Gasteiger partial charge in [0.15, 0.2) is 0 Å². The van der Waals surface area contributed by atoms with Crippen molar-refractivity contribution in [2.45, 2.75) is 90.3 Å². The molecule has 11 rings (SSSR count). The number of aromatic carboxylic acids is 1. The summed E-state index contributed by atoms with van der Waals surface area (Å²) in [6.45, 7) is 4.86. The van der Waals surface area contributed by atoms with Gasteiger partial charge >= 0.3 is 11.9 Å². The third-order valence-electron chi connectivity index (χ3n) is 15.6. The molecule has 1 saturated carbocycles. The number of aromatic nitrogens is 8. The number of carboxylic acids is 2. The quantitative estimate of drug-likeness (QED) is 0.0504. The molecule has 4 atom stereocenters. The minimum absolute atomic E-state index is 0.0110. The molecule has 10 bridgehead atoms. The van der Waals surface area contributed by atoms with Crippen molar-refractivity contribution in [2.75, 3.05) is 25.6 Å². The zero-order chi connectivity index (χ0) is 66.5. The second-order valence-corrected chi connectivity index (χ2v) is 28.1. The van der Waals surface area contributed by atoms with E-state index in [1.807, 2.05) is 13.8 Å². The molecule has 1 aromatic carbocycles. The van der Waals surface area contributed by atoms with E-state index in [2.05, 4.69) is 31.6 Å². The van der Waals surface area contributed by atoms with Gasteiger partial charge in [0, 0.05) is 58.2 Å². The number of hydrogen-bond donors (Lipinski definition) is 8. The van der Waals surface area contributed by atoms with Crippen LogP contribution >= 0.6 is 68.0 Å². The molecule has 2 aliphatic rings. The Hall–Kier alpha value is -9.02. The molecule has 9 aromatic rings. The molecule has 9 heterocycles. The van der Waals surface area contributed by atoms with Gasteiger partial charge in [-0.05, 0) is 67.9 Å². The number of aryl methyl sites for hydroxylation is 1. The SMILES string of the molecule is CNC(=O)C[C@@H]1NC(=O)c2csc(n2)-c2ccc(-c3nc(N(Cc4ccc(C(=O)O)nc4)C(=O)C4CCC(C(=O)O)CC4)cs3)nc2-c2csc(n2)-c2csc(n2)[C@H]([C@@H](O)c2ccccc2)NC(=O)CNC(=O)c2nc(sc2COC)[C@H](C(C)C)NC(=O)c2nc1sc2C. The highest BCUT2D eigenvalue weighted by Crippen LogP contribution is 2.41. The maximum atomic E-state index is 14.6. The lowest BCUT2D eigenvalue weighted by Crippen LogP contribution is -2.40. The number of methoxy groups -OCH3 is 1. The van der Waals surface area contributed by atoms with Gasteiger partial charge in [0.25, 0.3) is 17.7 Å². The van der Waals surface area contributed by atoms with Gasteiger partial charge in [0.1, 0.15) is 87.9 Å². The molecule has 94 heavy (non-hydrogen) atoms. The van der Waals surface area contributed by atoms with Crippen molar-refractivity contribution in [3.8, 4) is 43.4 Å². The Morgan fingerprint density at radius 1 is 0.681 bits per heavy atom. The minimum Gasteiger partial charge on any atom is -0.481 e. The smallest absolute Gasteiger partial charge is 0.354 e. The molecule has 486 valence electrons. The van der Waals surface area contributed by atoms with Crippen LogP contribution in [0.4, 0.5) is 5.82 Å². The molecule has 8 N–H and O–H groups in total. The number of amides is 6. The number of fused-ring (bicyclic) bond motifs is 14. The molecule has 6 amide bonds. The number of carbonyl (C=O) groups excluding carboxylic acids is 6. The number of ether oxygens (including phenoxy) is 1. The molecule has 32 heteroatoms. The third kappa shape index (κ3) is 14.8. The normalized spacial score (nSPS) is 18.3. The number of carboxylic acid groups (broad SMARTS) is 2. The molecule has 0 spiro atoms. The molecule has 1 fully saturated rings. The number of nitrogens with one attached hydrogen (secondary N) is 5. The van der Waals surface area contributed by atoms with E-state index < -0.39 is 84.1 Å². The molecule has 1 aliphatic heterocycles. The van der Waals surface area contributed by atoms with Crippen LogP contribution in [0.5, 0.6) is 0 Å². The van der Waals surface area contributed by atoms with E-state index in [1.54, 1.807) is 77.0 Å². The van der Waals surface area contributed by atoms with E-state index in [1.165, 1.54) is 65.3 Å². The van der Waals surface area contributed by atoms with E-state index >= 15 is 0 Å². The van der Waals surface area contributed by atoms with Crippen LogP contribution in [0.15, 0.2) is 82.3 Å². The molecule has 0 saturated heterocycles. The van der Waals surface area contributed by atoms with Gasteiger partial charge in [-0.25, -0.2) is 44.7 Å². The van der Waals surface area contributed by atoms with E-state index in [-0.39, 0.29) is 65.0 Å². The van der Waals surface area contributed by atoms with Crippen LogP contribution in [0.3, 0.4) is 0 Å². The van der Waals surface area contributed by atoms with Crippen molar-refractivity contribution >= 4 is 121 Å². The average Bonchev–Trinajstić information content (AvgIpc) is 1.60. The molecule has 8 aromatic heterocycles. The van der Waals surface area contributed by atoms with E-state index in [9.17, 15) is 53.7 Å². The number of carbonyl (C=O) groups is 8. The Morgan fingerprint density at radius 2 is 1.38 bits per heavy atom. The number of benzene rings is 1. The average molecular weight is 1390 g/mol. The Morgan fingerprint density at radius 3 is 2.10 bits per heavy atom. The van der Waals surface area contributed by atoms with Crippen LogP contribution in [-0.2, 0) is 37.1 Å². The number of aliphatic hydroxyl groups excluding tert-OH is 1. The fraction of sp³-hybridized carbons (Fsp3) is 0.323. The molecule has 0 unspecified atom stereocenters. The second kappa shape index (κ2) is 29.1. The number of hydrogen-bond acceptors (Lipinski definition) is 24. The van der Waals surface area contributed by atoms with Gasteiger partial charge in [0.05, 0.1) is 54.7 Å². The van der Waals surface area contributed by atoms with E-state index in [0.717, 1.165) is 34.0 Å². The standard InChI is InChI=1S/C62H60N14O12S6/c1-28(2)45-59-75-48(41(94-59)23-88-5)52(81)65-21-44(78)72-49(50(79)31-9-7-6-8-10-31)58-70-40(26-91-58)56-68-38(24-90-56)47-34(54-69-39(25-89-54)51(80)67-37(19-43(77)63-4)57-74-46(29(3)93-57)53(82)73-45)16-18-35(66-47)55-71-42(27-92-55)76(22-30-11-17-36(62(86)87)64-20-30)60(83)32-12-14-33(15-13-32)61(84)85/h6-11,16-18,20,24-28,32-33,37,45,49-50,79H,12-15,19,21-23H2,1-5H3,(H,63,77)(H,65,81)(H,67,80)(H,72,78)(H,73,82)(H,84,85)(H,86,87)/t32?,33?,37-,45-,49-,50-/m0/s1. The fourth-order valence-corrected chi connectivity index (χ4v) is 16.2. The predicted molar refractivity (Wildman–Crippen MR) is 352 cm³/mol. The number of aliphatic carboxylic acids is 1. The third-order valence-corrected chi connectivity index (χ3v) is 21.3. The van der Waals surface area contributed by atoms with Gasteiger partial charge in [-0.2, -0.15) is 0 Å². The van der Waals surface area contributed by atoms with E-state index in [4.69, 9.17) is 39.6 Å². The minimum atomic E-state index is -1.31. The summed E-state index contributed by atoms with van der Waals surface area (Å²) in [5, 5.41) is 54.3. The van der Waals surface area contributed by atoms with Gasteiger partial charge < -0.3 is 46.6 Å². The van der Waals surface area contributed by atoms with Crippen LogP contribution in [0.2, 0.25) is 0 Å². The molecule has 26 nitrogen and oxygen atoms in total. The molecule has 1 aliphatic carbocycles. The first-order valence-corrected chi connectivity index (χ1v) is 34.5. The summed E-state index contributed by atoms with van der Waals surface area (Å²) in [5.41, 5.74) is 2.70. The molecular formula is C62H60N14O12S6. The summed E-state index contributed by atoms with van der Waals surface area (Å²) in [6.07, 6.45) is 1.13. The lowest BCUT2D eigenvalue weighted by molar-refractivity contribution is -0.144. The van der Waals surface area contributed by atoms with Crippen molar-refractivity contribution in [3.05, 3.63) is 141 Å². The summed E-state index contributed by atoms with van der Waals surface area (Å²) in [7, 11) is 2.92. The maximum Gasteiger partial charge on any atom is 0.354 e. The van der Waals surface area contributed by atoms with Gasteiger partial charge in [-0.3, -0.25) is 38.5 Å². The Kier molecular flexibility index (Phi) is 20.6. The summed E-state index contributed by atoms with van der Waals surface area (Å²) in [5.74, 6) is -6.50. The van der Waals surface area contributed by atoms with Crippen LogP contribution in [0, 0.1) is 24.7 Å². The topological polar surface area (TPSA) is 373 Å². The first-order chi connectivity index (χ1) is 45.2. The van der Waals surface area contributed by atoms with Crippen LogP contribution < -0.4 is 31.5 Å².